The zero-order valence-electron chi connectivity index (χ0n) is 16.3. The predicted octanol–water partition coefficient (Wildman–Crippen LogP) is 1.28. The van der Waals surface area contributed by atoms with Crippen LogP contribution < -0.4 is 15.0 Å². The van der Waals surface area contributed by atoms with Crippen molar-refractivity contribution in [2.45, 2.75) is 11.1 Å². The summed E-state index contributed by atoms with van der Waals surface area (Å²) >= 11 is 5.96. The lowest BCUT2D eigenvalue weighted by Crippen LogP contribution is -2.21. The summed E-state index contributed by atoms with van der Waals surface area (Å²) in [4.78, 5) is 39.4. The highest BCUT2D eigenvalue weighted by atomic mass is 35.5. The number of halogens is 1. The van der Waals surface area contributed by atoms with Gasteiger partial charge < -0.3 is 14.5 Å². The molecule has 0 aliphatic heterocycles. The lowest BCUT2D eigenvalue weighted by Gasteiger charge is -2.12. The van der Waals surface area contributed by atoms with Crippen molar-refractivity contribution in [1.29, 1.82) is 5.26 Å². The van der Waals surface area contributed by atoms with Crippen LogP contribution in [0.3, 0.4) is 0 Å². The molecule has 1 aromatic carbocycles. The van der Waals surface area contributed by atoms with Crippen LogP contribution in [0.25, 0.3) is 10.9 Å². The molecule has 1 atom stereocenters. The van der Waals surface area contributed by atoms with Gasteiger partial charge in [0.2, 0.25) is 20.8 Å². The number of fused-ring (bicyclic) bond motifs is 1. The third-order valence-electron chi connectivity index (χ3n) is 4.18. The Bertz CT molecular complexity index is 1410. The van der Waals surface area contributed by atoms with Crippen molar-refractivity contribution in [3.05, 3.63) is 45.2 Å². The number of hydrogen-bond acceptors (Lipinski definition) is 10. The maximum Gasteiger partial charge on any atom is 0.258 e. The summed E-state index contributed by atoms with van der Waals surface area (Å²) in [5, 5.41) is 8.85. The van der Waals surface area contributed by atoms with Crippen LogP contribution >= 0.6 is 11.6 Å². The summed E-state index contributed by atoms with van der Waals surface area (Å²) in [7, 11) is -1.04. The lowest BCUT2D eigenvalue weighted by molar-refractivity contribution is 0.0970. The predicted molar refractivity (Wildman–Crippen MR) is 108 cm³/mol. The fraction of sp³-hybridized carbons (Fsp3) is 0.222. The number of hydrogen-bond donors (Lipinski definition) is 1. The van der Waals surface area contributed by atoms with E-state index in [0.29, 0.717) is 5.75 Å². The standard InChI is InChI=1S/C18H14ClN5O6S/c1-29-12-4-8-11(5-13(12)30-2)22-16(24-17(8)26)9(6-20)15(25)14-10(19)7-21-18(23-14)31(3,27)28/h4-5,7,9H,1-3H3,(H,22,24,26). The molecule has 0 aliphatic rings. The summed E-state index contributed by atoms with van der Waals surface area (Å²) in [5.41, 5.74) is -0.964. The Morgan fingerprint density at radius 3 is 2.45 bits per heavy atom. The number of ketones is 1. The number of sulfone groups is 1. The van der Waals surface area contributed by atoms with E-state index in [2.05, 4.69) is 19.9 Å². The number of aromatic amines is 1. The first-order valence-electron chi connectivity index (χ1n) is 8.43. The molecule has 0 bridgehead atoms. The average molecular weight is 464 g/mol. The molecule has 0 aliphatic carbocycles. The van der Waals surface area contributed by atoms with Gasteiger partial charge in [0.05, 0.1) is 42.4 Å². The first-order chi connectivity index (χ1) is 14.6. The number of nitrogens with zero attached hydrogens (tertiary/aromatic N) is 4. The minimum Gasteiger partial charge on any atom is -0.493 e. The Hall–Kier alpha value is -3.56. The highest BCUT2D eigenvalue weighted by molar-refractivity contribution is 7.90. The molecular formula is C18H14ClN5O6S. The van der Waals surface area contributed by atoms with Gasteiger partial charge in [-0.1, -0.05) is 11.6 Å². The van der Waals surface area contributed by atoms with Gasteiger partial charge in [-0.2, -0.15) is 5.26 Å². The van der Waals surface area contributed by atoms with Crippen LogP contribution in [0, 0.1) is 11.3 Å². The molecule has 3 aromatic rings. The van der Waals surface area contributed by atoms with Crippen molar-refractivity contribution >= 4 is 38.1 Å². The molecular weight excluding hydrogens is 450 g/mol. The van der Waals surface area contributed by atoms with E-state index >= 15 is 0 Å². The van der Waals surface area contributed by atoms with Crippen molar-refractivity contribution in [3.63, 3.8) is 0 Å². The van der Waals surface area contributed by atoms with Gasteiger partial charge in [-0.05, 0) is 6.07 Å². The first kappa shape index (κ1) is 22.1. The summed E-state index contributed by atoms with van der Waals surface area (Å²) in [5.74, 6) is -2.26. The molecule has 160 valence electrons. The number of methoxy groups -OCH3 is 2. The molecule has 0 saturated carbocycles. The minimum absolute atomic E-state index is 0.143. The third kappa shape index (κ3) is 4.18. The van der Waals surface area contributed by atoms with E-state index < -0.39 is 37.9 Å². The molecule has 2 heterocycles. The number of H-pyrrole nitrogens is 1. The summed E-state index contributed by atoms with van der Waals surface area (Å²) < 4.78 is 33.8. The van der Waals surface area contributed by atoms with Gasteiger partial charge in [0.1, 0.15) is 11.5 Å². The SMILES string of the molecule is COc1cc2nc(C(C#N)C(=O)c3nc(S(C)(=O)=O)ncc3Cl)[nH]c(=O)c2cc1OC. The smallest absolute Gasteiger partial charge is 0.258 e. The van der Waals surface area contributed by atoms with Gasteiger partial charge in [0.15, 0.2) is 17.4 Å². The van der Waals surface area contributed by atoms with Crippen molar-refractivity contribution < 1.29 is 22.7 Å². The van der Waals surface area contributed by atoms with Gasteiger partial charge in [0, 0.05) is 12.3 Å². The molecule has 31 heavy (non-hydrogen) atoms. The fourth-order valence-electron chi connectivity index (χ4n) is 2.70. The van der Waals surface area contributed by atoms with Gasteiger partial charge in [0.25, 0.3) is 5.56 Å². The largest absolute Gasteiger partial charge is 0.493 e. The second-order valence-corrected chi connectivity index (χ2v) is 8.54. The first-order valence-corrected chi connectivity index (χ1v) is 10.7. The van der Waals surface area contributed by atoms with Crippen LogP contribution in [-0.4, -0.2) is 54.6 Å². The van der Waals surface area contributed by atoms with Gasteiger partial charge in [-0.25, -0.2) is 23.4 Å². The highest BCUT2D eigenvalue weighted by Crippen LogP contribution is 2.30. The van der Waals surface area contributed by atoms with E-state index in [1.54, 1.807) is 6.07 Å². The maximum atomic E-state index is 12.9. The quantitative estimate of drug-likeness (QED) is 0.415. The molecule has 0 saturated heterocycles. The van der Waals surface area contributed by atoms with Gasteiger partial charge in [-0.3, -0.25) is 9.59 Å². The fourth-order valence-corrected chi connectivity index (χ4v) is 3.39. The van der Waals surface area contributed by atoms with Crippen molar-refractivity contribution in [1.82, 2.24) is 19.9 Å². The zero-order chi connectivity index (χ0) is 22.9. The van der Waals surface area contributed by atoms with E-state index in [1.807, 2.05) is 0 Å². The second-order valence-electron chi connectivity index (χ2n) is 6.22. The van der Waals surface area contributed by atoms with Gasteiger partial charge >= 0.3 is 0 Å². The molecule has 0 spiro atoms. The summed E-state index contributed by atoms with van der Waals surface area (Å²) in [6, 6.07) is 4.57. The normalized spacial score (nSPS) is 12.2. The summed E-state index contributed by atoms with van der Waals surface area (Å²) in [6.45, 7) is 0. The molecule has 1 N–H and O–H groups in total. The number of ether oxygens (including phenoxy) is 2. The molecule has 0 fully saturated rings. The molecule has 0 amide bonds. The number of carbonyl (C=O) groups is 1. The topological polar surface area (TPSA) is 165 Å². The molecule has 1 unspecified atom stereocenters. The summed E-state index contributed by atoms with van der Waals surface area (Å²) in [6.07, 6.45) is 1.80. The molecule has 3 rings (SSSR count). The number of Topliss-reactive ketones (excluding diaryl/α,β-unsaturated/α-hetero) is 1. The number of rotatable bonds is 6. The van der Waals surface area contributed by atoms with Crippen LogP contribution in [0.1, 0.15) is 22.2 Å². The van der Waals surface area contributed by atoms with E-state index in [-0.39, 0.29) is 27.5 Å². The minimum atomic E-state index is -3.84. The molecule has 2 aromatic heterocycles. The van der Waals surface area contributed by atoms with Crippen molar-refractivity contribution in [3.8, 4) is 17.6 Å². The third-order valence-corrected chi connectivity index (χ3v) is 5.32. The van der Waals surface area contributed by atoms with Crippen LogP contribution in [0.4, 0.5) is 0 Å². The number of benzene rings is 1. The maximum absolute atomic E-state index is 12.9. The highest BCUT2D eigenvalue weighted by Gasteiger charge is 2.29. The Morgan fingerprint density at radius 2 is 1.87 bits per heavy atom. The number of nitrogens with one attached hydrogen (secondary N) is 1. The van der Waals surface area contributed by atoms with Crippen molar-refractivity contribution in [2.75, 3.05) is 20.5 Å². The molecule has 11 nitrogen and oxygen atoms in total. The van der Waals surface area contributed by atoms with Crippen molar-refractivity contribution in [2.24, 2.45) is 0 Å². The second kappa shape index (κ2) is 8.29. The number of aromatic nitrogens is 4. The molecule has 13 heteroatoms. The van der Waals surface area contributed by atoms with E-state index in [4.69, 9.17) is 21.1 Å². The molecule has 0 radical (unpaired) electrons. The average Bonchev–Trinajstić information content (AvgIpc) is 2.72. The lowest BCUT2D eigenvalue weighted by atomic mass is 10.0. The van der Waals surface area contributed by atoms with Crippen LogP contribution in [0.5, 0.6) is 11.5 Å². The van der Waals surface area contributed by atoms with Crippen LogP contribution in [0.15, 0.2) is 28.3 Å². The van der Waals surface area contributed by atoms with E-state index in [9.17, 15) is 23.3 Å². The Balaban J connectivity index is 2.16. The number of carbonyl (C=O) groups excluding carboxylic acids is 1. The Kier molecular flexibility index (Phi) is 5.92. The monoisotopic (exact) mass is 463 g/mol. The zero-order valence-corrected chi connectivity index (χ0v) is 17.9. The van der Waals surface area contributed by atoms with Crippen LogP contribution in [-0.2, 0) is 9.84 Å². The van der Waals surface area contributed by atoms with E-state index in [0.717, 1.165) is 12.5 Å². The van der Waals surface area contributed by atoms with E-state index in [1.165, 1.54) is 26.4 Å². The number of nitriles is 1. The Morgan fingerprint density at radius 1 is 1.23 bits per heavy atom. The Labute approximate surface area is 180 Å². The van der Waals surface area contributed by atoms with Gasteiger partial charge in [-0.15, -0.1) is 0 Å². The van der Waals surface area contributed by atoms with Crippen LogP contribution in [0.2, 0.25) is 5.02 Å².